The minimum absolute atomic E-state index is 0.0848. The molecule has 1 aromatic rings. The summed E-state index contributed by atoms with van der Waals surface area (Å²) in [7, 11) is 1.59. The molecule has 0 aliphatic heterocycles. The van der Waals surface area contributed by atoms with Crippen molar-refractivity contribution in [3.05, 3.63) is 23.8 Å². The molecule has 0 saturated carbocycles. The fraction of sp³-hybridized carbons (Fsp3) is 0.667. The highest BCUT2D eigenvalue weighted by atomic mass is 16.5. The molecule has 0 aliphatic rings. The van der Waals surface area contributed by atoms with Crippen LogP contribution in [0.5, 0.6) is 0 Å². The molecule has 140 valence electrons. The van der Waals surface area contributed by atoms with Crippen LogP contribution in [0.2, 0.25) is 0 Å². The molecule has 1 heterocycles. The molecule has 0 unspecified atom stereocenters. The van der Waals surface area contributed by atoms with Gasteiger partial charge < -0.3 is 15.0 Å². The van der Waals surface area contributed by atoms with Gasteiger partial charge in [-0.2, -0.15) is 0 Å². The molecule has 7 nitrogen and oxygen atoms in total. The first-order valence-corrected chi connectivity index (χ1v) is 8.92. The molecule has 0 spiro atoms. The number of ether oxygens (including phenoxy) is 1. The van der Waals surface area contributed by atoms with E-state index in [0.717, 1.165) is 31.4 Å². The van der Waals surface area contributed by atoms with Crippen molar-refractivity contribution in [1.29, 1.82) is 0 Å². The average Bonchev–Trinajstić information content (AvgIpc) is 2.61. The monoisotopic (exact) mass is 350 g/mol. The summed E-state index contributed by atoms with van der Waals surface area (Å²) in [5, 5.41) is 2.77. The zero-order valence-electron chi connectivity index (χ0n) is 15.6. The Bertz CT molecular complexity index is 520. The second-order valence-corrected chi connectivity index (χ2v) is 5.99. The third-order valence-electron chi connectivity index (χ3n) is 3.81. The van der Waals surface area contributed by atoms with E-state index in [0.29, 0.717) is 31.9 Å². The van der Waals surface area contributed by atoms with E-state index in [1.807, 2.05) is 6.92 Å². The van der Waals surface area contributed by atoms with Crippen LogP contribution < -0.4 is 5.32 Å². The fourth-order valence-electron chi connectivity index (χ4n) is 2.33. The highest BCUT2D eigenvalue weighted by Gasteiger charge is 2.18. The highest BCUT2D eigenvalue weighted by Crippen LogP contribution is 2.07. The van der Waals surface area contributed by atoms with Crippen LogP contribution in [0.4, 0.5) is 0 Å². The molecule has 0 saturated heterocycles. The number of nitrogens with one attached hydrogen (secondary N) is 1. The summed E-state index contributed by atoms with van der Waals surface area (Å²) < 4.78 is 4.91. The number of nitrogens with zero attached hydrogens (tertiary/aromatic N) is 3. The Kier molecular flexibility index (Phi) is 10.4. The summed E-state index contributed by atoms with van der Waals surface area (Å²) in [6.07, 6.45) is 7.62. The lowest BCUT2D eigenvalue weighted by Gasteiger charge is -2.22. The lowest BCUT2D eigenvalue weighted by molar-refractivity contribution is -0.121. The number of aromatic nitrogens is 2. The first-order chi connectivity index (χ1) is 12.1. The number of unbranched alkanes of at least 4 members (excludes halogenated alkanes) is 3. The Balaban J connectivity index is 2.60. The van der Waals surface area contributed by atoms with Crippen molar-refractivity contribution in [2.75, 3.05) is 33.4 Å². The van der Waals surface area contributed by atoms with Crippen LogP contribution in [0.3, 0.4) is 0 Å². The van der Waals surface area contributed by atoms with E-state index < -0.39 is 0 Å². The minimum Gasteiger partial charge on any atom is -0.383 e. The highest BCUT2D eigenvalue weighted by molar-refractivity contribution is 5.92. The van der Waals surface area contributed by atoms with Gasteiger partial charge in [0.15, 0.2) is 0 Å². The first kappa shape index (κ1) is 21.0. The standard InChI is InChI=1S/C18H30N4O3/c1-4-5-6-7-10-22(11-8-17(23)19-9-12-25-3)18(24)16-14-20-15(2)13-21-16/h13-14H,4-12H2,1-3H3,(H,19,23). The largest absolute Gasteiger partial charge is 0.383 e. The summed E-state index contributed by atoms with van der Waals surface area (Å²) in [5.74, 6) is -0.257. The van der Waals surface area contributed by atoms with Crippen molar-refractivity contribution < 1.29 is 14.3 Å². The van der Waals surface area contributed by atoms with Gasteiger partial charge in [-0.25, -0.2) is 4.98 Å². The minimum atomic E-state index is -0.173. The maximum atomic E-state index is 12.7. The number of rotatable bonds is 12. The molecular formula is C18H30N4O3. The number of aryl methyl sites for hydroxylation is 1. The maximum absolute atomic E-state index is 12.7. The Morgan fingerprint density at radius 1 is 1.16 bits per heavy atom. The van der Waals surface area contributed by atoms with Crippen molar-refractivity contribution in [2.24, 2.45) is 0 Å². The molecular weight excluding hydrogens is 320 g/mol. The third-order valence-corrected chi connectivity index (χ3v) is 3.81. The quantitative estimate of drug-likeness (QED) is 0.583. The molecule has 25 heavy (non-hydrogen) atoms. The van der Waals surface area contributed by atoms with Crippen molar-refractivity contribution in [3.8, 4) is 0 Å². The van der Waals surface area contributed by atoms with Gasteiger partial charge in [0.05, 0.1) is 18.5 Å². The molecule has 0 aliphatic carbocycles. The van der Waals surface area contributed by atoms with E-state index in [9.17, 15) is 9.59 Å². The number of methoxy groups -OCH3 is 1. The number of hydrogen-bond acceptors (Lipinski definition) is 5. The molecule has 1 rings (SSSR count). The Morgan fingerprint density at radius 2 is 1.96 bits per heavy atom. The van der Waals surface area contributed by atoms with Crippen molar-refractivity contribution in [3.63, 3.8) is 0 Å². The number of amides is 2. The van der Waals surface area contributed by atoms with Crippen molar-refractivity contribution in [1.82, 2.24) is 20.2 Å². The molecule has 1 N–H and O–H groups in total. The van der Waals surface area contributed by atoms with E-state index in [-0.39, 0.29) is 18.2 Å². The molecule has 0 atom stereocenters. The number of carbonyl (C=O) groups excluding carboxylic acids is 2. The van der Waals surface area contributed by atoms with Gasteiger partial charge in [-0.15, -0.1) is 0 Å². The van der Waals surface area contributed by atoms with Crippen LogP contribution in [-0.4, -0.2) is 60.0 Å². The lowest BCUT2D eigenvalue weighted by Crippen LogP contribution is -2.37. The SMILES string of the molecule is CCCCCCN(CCC(=O)NCCOC)C(=O)c1cnc(C)cn1. The van der Waals surface area contributed by atoms with Gasteiger partial charge in [0, 0.05) is 39.4 Å². The van der Waals surface area contributed by atoms with E-state index in [2.05, 4.69) is 22.2 Å². The molecule has 1 aromatic heterocycles. The van der Waals surface area contributed by atoms with Gasteiger partial charge in [0.25, 0.3) is 5.91 Å². The second kappa shape index (κ2) is 12.4. The van der Waals surface area contributed by atoms with Crippen LogP contribution in [-0.2, 0) is 9.53 Å². The van der Waals surface area contributed by atoms with Crippen LogP contribution in [0.1, 0.15) is 55.2 Å². The van der Waals surface area contributed by atoms with Crippen LogP contribution >= 0.6 is 0 Å². The van der Waals surface area contributed by atoms with Gasteiger partial charge in [-0.1, -0.05) is 26.2 Å². The second-order valence-electron chi connectivity index (χ2n) is 5.99. The average molecular weight is 350 g/mol. The normalized spacial score (nSPS) is 10.5. The summed E-state index contributed by atoms with van der Waals surface area (Å²) in [5.41, 5.74) is 1.09. The van der Waals surface area contributed by atoms with Crippen LogP contribution in [0.25, 0.3) is 0 Å². The van der Waals surface area contributed by atoms with Crippen molar-refractivity contribution >= 4 is 11.8 Å². The van der Waals surface area contributed by atoms with Gasteiger partial charge >= 0.3 is 0 Å². The molecule has 0 radical (unpaired) electrons. The smallest absolute Gasteiger partial charge is 0.274 e. The molecule has 0 aromatic carbocycles. The summed E-state index contributed by atoms with van der Waals surface area (Å²) >= 11 is 0. The fourth-order valence-corrected chi connectivity index (χ4v) is 2.33. The summed E-state index contributed by atoms with van der Waals surface area (Å²) in [4.78, 5) is 34.5. The van der Waals surface area contributed by atoms with Gasteiger partial charge in [0.1, 0.15) is 5.69 Å². The van der Waals surface area contributed by atoms with Gasteiger partial charge in [-0.3, -0.25) is 14.6 Å². The van der Waals surface area contributed by atoms with Gasteiger partial charge in [-0.05, 0) is 13.3 Å². The lowest BCUT2D eigenvalue weighted by atomic mass is 10.2. The summed E-state index contributed by atoms with van der Waals surface area (Å²) in [6, 6.07) is 0. The Labute approximate surface area is 150 Å². The predicted molar refractivity (Wildman–Crippen MR) is 96.3 cm³/mol. The molecule has 7 heteroatoms. The van der Waals surface area contributed by atoms with E-state index >= 15 is 0 Å². The summed E-state index contributed by atoms with van der Waals surface area (Å²) in [6.45, 7) is 5.93. The molecule has 2 amide bonds. The third kappa shape index (κ3) is 8.58. The van der Waals surface area contributed by atoms with E-state index in [1.165, 1.54) is 6.20 Å². The maximum Gasteiger partial charge on any atom is 0.274 e. The first-order valence-electron chi connectivity index (χ1n) is 8.92. The van der Waals surface area contributed by atoms with Crippen LogP contribution in [0, 0.1) is 6.92 Å². The predicted octanol–water partition coefficient (Wildman–Crippen LogP) is 1.96. The van der Waals surface area contributed by atoms with Crippen LogP contribution in [0.15, 0.2) is 12.4 Å². The number of hydrogen-bond donors (Lipinski definition) is 1. The van der Waals surface area contributed by atoms with E-state index in [1.54, 1.807) is 18.2 Å². The Morgan fingerprint density at radius 3 is 2.60 bits per heavy atom. The Hall–Kier alpha value is -2.02. The zero-order chi connectivity index (χ0) is 18.5. The van der Waals surface area contributed by atoms with Gasteiger partial charge in [0.2, 0.25) is 5.91 Å². The molecule has 0 fully saturated rings. The topological polar surface area (TPSA) is 84.4 Å². The van der Waals surface area contributed by atoms with E-state index in [4.69, 9.17) is 4.74 Å². The van der Waals surface area contributed by atoms with Crippen molar-refractivity contribution in [2.45, 2.75) is 46.0 Å². The zero-order valence-corrected chi connectivity index (χ0v) is 15.6. The molecule has 0 bridgehead atoms. The number of carbonyl (C=O) groups is 2.